The Bertz CT molecular complexity index is 686. The van der Waals surface area contributed by atoms with Crippen LogP contribution in [0.15, 0.2) is 59.1 Å². The first-order valence-corrected chi connectivity index (χ1v) is 8.66. The number of carbonyl (C=O) groups is 2. The molecule has 0 aliphatic heterocycles. The largest absolute Gasteiger partial charge is 0.481 e. The van der Waals surface area contributed by atoms with Gasteiger partial charge >= 0.3 is 5.97 Å². The highest BCUT2D eigenvalue weighted by atomic mass is 79.9. The van der Waals surface area contributed by atoms with E-state index in [2.05, 4.69) is 15.9 Å². The van der Waals surface area contributed by atoms with Crippen molar-refractivity contribution in [2.24, 2.45) is 5.92 Å². The Kier molecular flexibility index (Phi) is 6.55. The number of rotatable bonds is 7. The molecule has 0 aromatic heterocycles. The second kappa shape index (κ2) is 8.64. The summed E-state index contributed by atoms with van der Waals surface area (Å²) in [6, 6.07) is 16.9. The van der Waals surface area contributed by atoms with E-state index in [-0.39, 0.29) is 12.3 Å². The highest BCUT2D eigenvalue weighted by Crippen LogP contribution is 2.20. The van der Waals surface area contributed by atoms with Crippen LogP contribution in [0.25, 0.3) is 0 Å². The van der Waals surface area contributed by atoms with Gasteiger partial charge in [0.05, 0.1) is 0 Å². The molecule has 2 rings (SSSR count). The lowest BCUT2D eigenvalue weighted by molar-refractivity contribution is -0.146. The number of nitrogens with zero attached hydrogens (tertiary/aromatic N) is 1. The van der Waals surface area contributed by atoms with Crippen molar-refractivity contribution in [3.63, 3.8) is 0 Å². The number of amides is 1. The Balaban J connectivity index is 2.12. The van der Waals surface area contributed by atoms with Crippen LogP contribution in [0, 0.1) is 5.92 Å². The highest BCUT2D eigenvalue weighted by molar-refractivity contribution is 9.10. The Hall–Kier alpha value is -2.14. The van der Waals surface area contributed by atoms with Crippen molar-refractivity contribution < 1.29 is 14.7 Å². The molecule has 2 aromatic carbocycles. The molecule has 5 heteroatoms. The SMILES string of the molecule is CCN(C(=O)C(CCc1ccc(Br)cc1)C(=O)O)c1ccccc1. The third kappa shape index (κ3) is 4.68. The minimum absolute atomic E-state index is 0.277. The minimum atomic E-state index is -1.08. The molecule has 0 aliphatic carbocycles. The maximum Gasteiger partial charge on any atom is 0.316 e. The van der Waals surface area contributed by atoms with E-state index in [1.807, 2.05) is 61.5 Å². The van der Waals surface area contributed by atoms with Gasteiger partial charge in [0.15, 0.2) is 0 Å². The molecule has 0 radical (unpaired) electrons. The van der Waals surface area contributed by atoms with Crippen LogP contribution in [0.5, 0.6) is 0 Å². The van der Waals surface area contributed by atoms with Crippen molar-refractivity contribution in [1.82, 2.24) is 0 Å². The normalized spacial score (nSPS) is 11.8. The van der Waals surface area contributed by atoms with Gasteiger partial charge in [0.1, 0.15) is 5.92 Å². The van der Waals surface area contributed by atoms with Crippen LogP contribution in [-0.4, -0.2) is 23.5 Å². The van der Waals surface area contributed by atoms with Gasteiger partial charge in [-0.3, -0.25) is 9.59 Å². The zero-order chi connectivity index (χ0) is 17.5. The average molecular weight is 390 g/mol. The summed E-state index contributed by atoms with van der Waals surface area (Å²) in [6.07, 6.45) is 0.821. The first kappa shape index (κ1) is 18.2. The molecule has 2 aromatic rings. The molecule has 1 N–H and O–H groups in total. The van der Waals surface area contributed by atoms with Gasteiger partial charge in [-0.15, -0.1) is 0 Å². The molecule has 24 heavy (non-hydrogen) atoms. The van der Waals surface area contributed by atoms with Gasteiger partial charge in [0.2, 0.25) is 5.91 Å². The maximum absolute atomic E-state index is 12.7. The van der Waals surface area contributed by atoms with E-state index < -0.39 is 11.9 Å². The third-order valence-electron chi connectivity index (χ3n) is 3.88. The fraction of sp³-hybridized carbons (Fsp3) is 0.263. The topological polar surface area (TPSA) is 57.6 Å². The summed E-state index contributed by atoms with van der Waals surface area (Å²) in [6.45, 7) is 2.28. The smallest absolute Gasteiger partial charge is 0.316 e. The Labute approximate surface area is 150 Å². The van der Waals surface area contributed by atoms with E-state index in [4.69, 9.17) is 0 Å². The fourth-order valence-corrected chi connectivity index (χ4v) is 2.84. The van der Waals surface area contributed by atoms with E-state index in [1.165, 1.54) is 4.90 Å². The summed E-state index contributed by atoms with van der Waals surface area (Å²) >= 11 is 3.37. The van der Waals surface area contributed by atoms with Crippen LogP contribution >= 0.6 is 15.9 Å². The summed E-state index contributed by atoms with van der Waals surface area (Å²) in [5.41, 5.74) is 1.74. The molecule has 4 nitrogen and oxygen atoms in total. The number of benzene rings is 2. The summed E-state index contributed by atoms with van der Waals surface area (Å²) < 4.78 is 0.971. The van der Waals surface area contributed by atoms with Gasteiger partial charge in [-0.2, -0.15) is 0 Å². The van der Waals surface area contributed by atoms with Crippen molar-refractivity contribution in [2.45, 2.75) is 19.8 Å². The quantitative estimate of drug-likeness (QED) is 0.724. The molecule has 0 saturated heterocycles. The molecular weight excluding hydrogens is 370 g/mol. The zero-order valence-corrected chi connectivity index (χ0v) is 15.1. The second-order valence-electron chi connectivity index (χ2n) is 5.47. The number of hydrogen-bond donors (Lipinski definition) is 1. The molecule has 1 unspecified atom stereocenters. The number of aliphatic carboxylic acids is 1. The number of anilines is 1. The van der Waals surface area contributed by atoms with Gasteiger partial charge in [0, 0.05) is 16.7 Å². The van der Waals surface area contributed by atoms with E-state index in [1.54, 1.807) is 0 Å². The van der Waals surface area contributed by atoms with Crippen LogP contribution in [0.1, 0.15) is 18.9 Å². The lowest BCUT2D eigenvalue weighted by Gasteiger charge is -2.24. The van der Waals surface area contributed by atoms with Gasteiger partial charge in [-0.05, 0) is 49.6 Å². The number of hydrogen-bond acceptors (Lipinski definition) is 2. The molecule has 0 aliphatic rings. The van der Waals surface area contributed by atoms with Gasteiger partial charge < -0.3 is 10.0 Å². The lowest BCUT2D eigenvalue weighted by Crippen LogP contribution is -2.39. The van der Waals surface area contributed by atoms with Gasteiger partial charge in [-0.25, -0.2) is 0 Å². The molecule has 0 bridgehead atoms. The van der Waals surface area contributed by atoms with E-state index in [9.17, 15) is 14.7 Å². The van der Waals surface area contributed by atoms with Crippen LogP contribution in [0.2, 0.25) is 0 Å². The van der Waals surface area contributed by atoms with Crippen LogP contribution in [-0.2, 0) is 16.0 Å². The summed E-state index contributed by atoms with van der Waals surface area (Å²) in [4.78, 5) is 25.9. The van der Waals surface area contributed by atoms with Crippen LogP contribution < -0.4 is 4.90 Å². The Morgan fingerprint density at radius 3 is 2.25 bits per heavy atom. The monoisotopic (exact) mass is 389 g/mol. The Morgan fingerprint density at radius 2 is 1.71 bits per heavy atom. The van der Waals surface area contributed by atoms with E-state index in [0.717, 1.165) is 15.7 Å². The first-order valence-electron chi connectivity index (χ1n) is 7.86. The number of halogens is 1. The number of carboxylic acids is 1. The molecule has 1 atom stereocenters. The number of carbonyl (C=O) groups excluding carboxylic acids is 1. The fourth-order valence-electron chi connectivity index (χ4n) is 2.58. The number of para-hydroxylation sites is 1. The highest BCUT2D eigenvalue weighted by Gasteiger charge is 2.30. The van der Waals surface area contributed by atoms with Crippen LogP contribution in [0.4, 0.5) is 5.69 Å². The zero-order valence-electron chi connectivity index (χ0n) is 13.5. The van der Waals surface area contributed by atoms with Gasteiger partial charge in [-0.1, -0.05) is 46.3 Å². The minimum Gasteiger partial charge on any atom is -0.481 e. The second-order valence-corrected chi connectivity index (χ2v) is 6.39. The van der Waals surface area contributed by atoms with E-state index >= 15 is 0 Å². The molecule has 1 amide bonds. The van der Waals surface area contributed by atoms with Crippen molar-refractivity contribution in [1.29, 1.82) is 0 Å². The molecule has 0 saturated carbocycles. The van der Waals surface area contributed by atoms with Crippen molar-refractivity contribution in [2.75, 3.05) is 11.4 Å². The standard InChI is InChI=1S/C19H20BrNO3/c1-2-21(16-6-4-3-5-7-16)18(22)17(19(23)24)13-10-14-8-11-15(20)12-9-14/h3-9,11-12,17H,2,10,13H2,1H3,(H,23,24). The van der Waals surface area contributed by atoms with Crippen LogP contribution in [0.3, 0.4) is 0 Å². The van der Waals surface area contributed by atoms with Crippen molar-refractivity contribution in [3.05, 3.63) is 64.6 Å². The summed E-state index contributed by atoms with van der Waals surface area (Å²) in [5, 5.41) is 9.50. The molecule has 0 fully saturated rings. The predicted molar refractivity (Wildman–Crippen MR) is 98.1 cm³/mol. The summed E-state index contributed by atoms with van der Waals surface area (Å²) in [5.74, 6) is -2.49. The third-order valence-corrected chi connectivity index (χ3v) is 4.41. The lowest BCUT2D eigenvalue weighted by atomic mass is 9.98. The number of carboxylic acid groups (broad SMARTS) is 1. The van der Waals surface area contributed by atoms with E-state index in [0.29, 0.717) is 13.0 Å². The Morgan fingerprint density at radius 1 is 1.08 bits per heavy atom. The van der Waals surface area contributed by atoms with Crippen molar-refractivity contribution >= 4 is 33.5 Å². The predicted octanol–water partition coefficient (Wildman–Crippen LogP) is 4.14. The average Bonchev–Trinajstić information content (AvgIpc) is 2.58. The molecule has 0 heterocycles. The van der Waals surface area contributed by atoms with Gasteiger partial charge in [0.25, 0.3) is 0 Å². The maximum atomic E-state index is 12.7. The number of aryl methyl sites for hydroxylation is 1. The molecule has 126 valence electrons. The van der Waals surface area contributed by atoms with Crippen molar-refractivity contribution in [3.8, 4) is 0 Å². The molecule has 0 spiro atoms. The first-order chi connectivity index (χ1) is 11.5. The molecular formula is C19H20BrNO3. The summed E-state index contributed by atoms with van der Waals surface area (Å²) in [7, 11) is 0.